The molecule has 0 bridgehead atoms. The zero-order chi connectivity index (χ0) is 22.2. The van der Waals surface area contributed by atoms with Gasteiger partial charge in [0.25, 0.3) is 10.0 Å². The van der Waals surface area contributed by atoms with E-state index in [2.05, 4.69) is 25.4 Å². The molecule has 0 saturated carbocycles. The van der Waals surface area contributed by atoms with Gasteiger partial charge in [-0.05, 0) is 19.9 Å². The minimum atomic E-state index is -3.67. The van der Waals surface area contributed by atoms with E-state index in [4.69, 9.17) is 0 Å². The maximum atomic E-state index is 12.9. The first-order valence-corrected chi connectivity index (χ1v) is 11.8. The molecule has 0 radical (unpaired) electrons. The van der Waals surface area contributed by atoms with Crippen LogP contribution in [0.4, 0.5) is 10.9 Å². The van der Waals surface area contributed by atoms with E-state index in [-0.39, 0.29) is 15.2 Å². The average molecular weight is 463 g/mol. The van der Waals surface area contributed by atoms with Crippen LogP contribution in [0.15, 0.2) is 28.9 Å². The van der Waals surface area contributed by atoms with E-state index in [1.165, 1.54) is 23.8 Å². The van der Waals surface area contributed by atoms with Crippen LogP contribution in [0.5, 0.6) is 0 Å². The van der Waals surface area contributed by atoms with E-state index in [1.54, 1.807) is 4.68 Å². The lowest BCUT2D eigenvalue weighted by Crippen LogP contribution is -2.48. The first-order valence-electron chi connectivity index (χ1n) is 9.58. The zero-order valence-electron chi connectivity index (χ0n) is 17.3. The summed E-state index contributed by atoms with van der Waals surface area (Å²) in [6, 6.07) is 3.83. The predicted octanol–water partition coefficient (Wildman–Crippen LogP) is 1.20. The second-order valence-corrected chi connectivity index (χ2v) is 10.3. The van der Waals surface area contributed by atoms with Gasteiger partial charge in [0, 0.05) is 44.9 Å². The van der Waals surface area contributed by atoms with Gasteiger partial charge in [0.05, 0.1) is 11.9 Å². The number of amides is 1. The SMILES string of the molecule is CC(=O)Nc1ncc(S(=O)(=O)N2CCN(c3cc(-n4nc(C)cc4C)ncn3)CC2)s1. The summed E-state index contributed by atoms with van der Waals surface area (Å²) in [5, 5.41) is 7.23. The molecule has 3 aromatic rings. The van der Waals surface area contributed by atoms with Crippen LogP contribution in [-0.4, -0.2) is 69.5 Å². The maximum absolute atomic E-state index is 12.9. The molecule has 4 rings (SSSR count). The Morgan fingerprint density at radius 3 is 2.42 bits per heavy atom. The molecule has 1 fully saturated rings. The highest BCUT2D eigenvalue weighted by Crippen LogP contribution is 2.27. The van der Waals surface area contributed by atoms with Crippen molar-refractivity contribution in [1.82, 2.24) is 29.0 Å². The number of nitrogens with zero attached hydrogens (tertiary/aromatic N) is 7. The van der Waals surface area contributed by atoms with Crippen molar-refractivity contribution in [2.75, 3.05) is 36.4 Å². The molecule has 1 saturated heterocycles. The summed E-state index contributed by atoms with van der Waals surface area (Å²) >= 11 is 0.945. The third-order valence-electron chi connectivity index (χ3n) is 4.79. The number of carbonyl (C=O) groups is 1. The monoisotopic (exact) mass is 462 g/mol. The fraction of sp³-hybridized carbons (Fsp3) is 0.389. The number of aromatic nitrogens is 5. The summed E-state index contributed by atoms with van der Waals surface area (Å²) in [7, 11) is -3.67. The first kappa shape index (κ1) is 21.3. The quantitative estimate of drug-likeness (QED) is 0.599. The molecule has 31 heavy (non-hydrogen) atoms. The van der Waals surface area contributed by atoms with Crippen LogP contribution in [-0.2, 0) is 14.8 Å². The number of rotatable bonds is 5. The number of piperazine rings is 1. The Bertz CT molecular complexity index is 1210. The van der Waals surface area contributed by atoms with Gasteiger partial charge >= 0.3 is 0 Å². The molecule has 3 aromatic heterocycles. The number of anilines is 2. The molecule has 0 aliphatic carbocycles. The molecular formula is C18H22N8O3S2. The van der Waals surface area contributed by atoms with Crippen LogP contribution >= 0.6 is 11.3 Å². The fourth-order valence-electron chi connectivity index (χ4n) is 3.36. The van der Waals surface area contributed by atoms with Crippen molar-refractivity contribution in [2.24, 2.45) is 0 Å². The van der Waals surface area contributed by atoms with Crippen LogP contribution in [0.25, 0.3) is 5.82 Å². The van der Waals surface area contributed by atoms with Gasteiger partial charge in [-0.2, -0.15) is 9.40 Å². The molecule has 0 unspecified atom stereocenters. The lowest BCUT2D eigenvalue weighted by atomic mass is 10.3. The van der Waals surface area contributed by atoms with E-state index < -0.39 is 10.0 Å². The summed E-state index contributed by atoms with van der Waals surface area (Å²) in [5.41, 5.74) is 1.88. The lowest BCUT2D eigenvalue weighted by molar-refractivity contribution is -0.114. The van der Waals surface area contributed by atoms with E-state index in [9.17, 15) is 13.2 Å². The van der Waals surface area contributed by atoms with Gasteiger partial charge in [-0.25, -0.2) is 28.1 Å². The van der Waals surface area contributed by atoms with Crippen molar-refractivity contribution in [3.8, 4) is 5.82 Å². The van der Waals surface area contributed by atoms with Crippen LogP contribution in [0, 0.1) is 13.8 Å². The van der Waals surface area contributed by atoms with Crippen molar-refractivity contribution in [3.63, 3.8) is 0 Å². The van der Waals surface area contributed by atoms with E-state index in [1.807, 2.05) is 30.9 Å². The van der Waals surface area contributed by atoms with Crippen molar-refractivity contribution >= 4 is 38.2 Å². The van der Waals surface area contributed by atoms with E-state index in [0.29, 0.717) is 32.0 Å². The van der Waals surface area contributed by atoms with Crippen LogP contribution in [0.1, 0.15) is 18.3 Å². The summed E-state index contributed by atoms with van der Waals surface area (Å²) < 4.78 is 29.2. The summed E-state index contributed by atoms with van der Waals surface area (Å²) in [5.74, 6) is 1.10. The Morgan fingerprint density at radius 2 is 1.77 bits per heavy atom. The zero-order valence-corrected chi connectivity index (χ0v) is 18.9. The van der Waals surface area contributed by atoms with Crippen molar-refractivity contribution in [2.45, 2.75) is 25.0 Å². The molecule has 0 aromatic carbocycles. The van der Waals surface area contributed by atoms with Gasteiger partial charge in [0.1, 0.15) is 12.1 Å². The number of aryl methyl sites for hydroxylation is 2. The molecule has 4 heterocycles. The van der Waals surface area contributed by atoms with E-state index in [0.717, 1.165) is 28.5 Å². The van der Waals surface area contributed by atoms with E-state index >= 15 is 0 Å². The molecular weight excluding hydrogens is 440 g/mol. The lowest BCUT2D eigenvalue weighted by Gasteiger charge is -2.34. The van der Waals surface area contributed by atoms with Crippen molar-refractivity contribution < 1.29 is 13.2 Å². The number of hydrogen-bond acceptors (Lipinski definition) is 9. The molecule has 13 heteroatoms. The Kier molecular flexibility index (Phi) is 5.73. The Morgan fingerprint density at radius 1 is 1.06 bits per heavy atom. The highest BCUT2D eigenvalue weighted by atomic mass is 32.2. The van der Waals surface area contributed by atoms with Crippen LogP contribution < -0.4 is 10.2 Å². The fourth-order valence-corrected chi connectivity index (χ4v) is 6.01. The predicted molar refractivity (Wildman–Crippen MR) is 116 cm³/mol. The highest BCUT2D eigenvalue weighted by Gasteiger charge is 2.31. The molecule has 11 nitrogen and oxygen atoms in total. The Balaban J connectivity index is 1.46. The summed E-state index contributed by atoms with van der Waals surface area (Å²) in [6.45, 7) is 6.84. The minimum absolute atomic E-state index is 0.110. The molecule has 0 spiro atoms. The molecule has 1 amide bonds. The standard InChI is InChI=1S/C18H22N8O3S2/c1-12-8-13(2)26(23-12)16-9-15(20-11-21-16)24-4-6-25(7-5-24)31(28,29)17-10-19-18(30-17)22-14(3)27/h8-11H,4-7H2,1-3H3,(H,19,22,27). The maximum Gasteiger partial charge on any atom is 0.254 e. The number of hydrogen-bond donors (Lipinski definition) is 1. The third kappa shape index (κ3) is 4.43. The number of thiazole rings is 1. The number of sulfonamides is 1. The Labute approximate surface area is 183 Å². The molecule has 1 aliphatic rings. The highest BCUT2D eigenvalue weighted by molar-refractivity contribution is 7.91. The molecule has 164 valence electrons. The molecule has 0 atom stereocenters. The van der Waals surface area contributed by atoms with Gasteiger partial charge in [-0.1, -0.05) is 11.3 Å². The van der Waals surface area contributed by atoms with Crippen molar-refractivity contribution in [3.05, 3.63) is 36.0 Å². The Hall–Kier alpha value is -2.90. The second-order valence-electron chi connectivity index (χ2n) is 7.13. The molecule has 1 N–H and O–H groups in total. The van der Waals surface area contributed by atoms with Gasteiger partial charge in [0.15, 0.2) is 15.2 Å². The van der Waals surface area contributed by atoms with Gasteiger partial charge < -0.3 is 10.2 Å². The first-order chi connectivity index (χ1) is 14.7. The van der Waals surface area contributed by atoms with Crippen LogP contribution in [0.2, 0.25) is 0 Å². The minimum Gasteiger partial charge on any atom is -0.354 e. The summed E-state index contributed by atoms with van der Waals surface area (Å²) in [6.07, 6.45) is 2.77. The van der Waals surface area contributed by atoms with Crippen molar-refractivity contribution in [1.29, 1.82) is 0 Å². The third-order valence-corrected chi connectivity index (χ3v) is 8.04. The largest absolute Gasteiger partial charge is 0.354 e. The van der Waals surface area contributed by atoms with Gasteiger partial charge in [-0.15, -0.1) is 0 Å². The van der Waals surface area contributed by atoms with Gasteiger partial charge in [0.2, 0.25) is 5.91 Å². The second kappa shape index (κ2) is 8.32. The smallest absolute Gasteiger partial charge is 0.254 e. The number of carbonyl (C=O) groups excluding carboxylic acids is 1. The number of nitrogens with one attached hydrogen (secondary N) is 1. The molecule has 1 aliphatic heterocycles. The van der Waals surface area contributed by atoms with Crippen LogP contribution in [0.3, 0.4) is 0 Å². The van der Waals surface area contributed by atoms with Gasteiger partial charge in [-0.3, -0.25) is 4.79 Å². The topological polar surface area (TPSA) is 126 Å². The average Bonchev–Trinajstić information content (AvgIpc) is 3.34. The normalized spacial score (nSPS) is 15.3. The summed E-state index contributed by atoms with van der Waals surface area (Å²) in [4.78, 5) is 25.8.